The Morgan fingerprint density at radius 3 is 0.977 bits per heavy atom. The van der Waals surface area contributed by atoms with E-state index in [4.69, 9.17) is 26.6 Å². The molecule has 7 rings (SSSR count). The maximum atomic E-state index is 6.31. The predicted molar refractivity (Wildman–Crippen MR) is 177 cm³/mol. The molecule has 3 nitrogen and oxygen atoms in total. The molecule has 0 N–H and O–H groups in total. The maximum Gasteiger partial charge on any atom is 0.164 e. The van der Waals surface area contributed by atoms with Crippen LogP contribution >= 0.6 is 11.6 Å². The minimum absolute atomic E-state index is 0.610. The van der Waals surface area contributed by atoms with Crippen molar-refractivity contribution in [2.75, 3.05) is 0 Å². The van der Waals surface area contributed by atoms with Crippen molar-refractivity contribution in [1.82, 2.24) is 15.0 Å². The molecule has 6 aromatic carbocycles. The Balaban J connectivity index is 1.38. The molecule has 1 aromatic heterocycles. The first-order chi connectivity index (χ1) is 21.2. The minimum atomic E-state index is 0.610. The molecule has 0 aliphatic carbocycles. The molecule has 0 saturated heterocycles. The number of halogens is 1. The quantitative estimate of drug-likeness (QED) is 0.199. The topological polar surface area (TPSA) is 38.7 Å². The van der Waals surface area contributed by atoms with Gasteiger partial charge in [-0.2, -0.15) is 0 Å². The zero-order chi connectivity index (χ0) is 29.0. The molecule has 0 saturated carbocycles. The van der Waals surface area contributed by atoms with E-state index in [1.165, 1.54) is 0 Å². The summed E-state index contributed by atoms with van der Waals surface area (Å²) in [5, 5.41) is 0.698. The molecule has 0 bridgehead atoms. The van der Waals surface area contributed by atoms with E-state index < -0.39 is 0 Å². The summed E-state index contributed by atoms with van der Waals surface area (Å²) in [7, 11) is 0. The van der Waals surface area contributed by atoms with Gasteiger partial charge in [-0.15, -0.1) is 0 Å². The van der Waals surface area contributed by atoms with E-state index in [9.17, 15) is 0 Å². The van der Waals surface area contributed by atoms with Crippen LogP contribution in [0, 0.1) is 0 Å². The lowest BCUT2D eigenvalue weighted by Gasteiger charge is -2.11. The van der Waals surface area contributed by atoms with Crippen LogP contribution in [0.3, 0.4) is 0 Å². The lowest BCUT2D eigenvalue weighted by Crippen LogP contribution is -2.00. The molecular formula is C39H26ClN3. The summed E-state index contributed by atoms with van der Waals surface area (Å²) in [6, 6.07) is 53.5. The highest BCUT2D eigenvalue weighted by molar-refractivity contribution is 6.30. The number of hydrogen-bond acceptors (Lipinski definition) is 3. The molecule has 0 aliphatic rings. The highest BCUT2D eigenvalue weighted by atomic mass is 35.5. The summed E-state index contributed by atoms with van der Waals surface area (Å²) in [4.78, 5) is 15.1. The fourth-order valence-corrected chi connectivity index (χ4v) is 5.40. The molecule has 0 fully saturated rings. The Kier molecular flexibility index (Phi) is 7.31. The van der Waals surface area contributed by atoms with E-state index >= 15 is 0 Å². The molecule has 0 unspecified atom stereocenters. The second-order valence-electron chi connectivity index (χ2n) is 10.3. The number of rotatable bonds is 6. The number of aromatic nitrogens is 3. The third kappa shape index (κ3) is 5.85. The van der Waals surface area contributed by atoms with Crippen molar-refractivity contribution in [2.24, 2.45) is 0 Å². The van der Waals surface area contributed by atoms with Crippen LogP contribution in [-0.2, 0) is 0 Å². The van der Waals surface area contributed by atoms with Gasteiger partial charge in [-0.25, -0.2) is 15.0 Å². The Hall–Kier alpha value is -5.38. The molecule has 0 aliphatic heterocycles. The molecule has 1 heterocycles. The van der Waals surface area contributed by atoms with Crippen molar-refractivity contribution in [3.63, 3.8) is 0 Å². The average Bonchev–Trinajstić information content (AvgIpc) is 3.09. The van der Waals surface area contributed by atoms with Crippen LogP contribution in [-0.4, -0.2) is 15.0 Å². The SMILES string of the molecule is Clc1cccc(-c2cccc(-c3nc(-c4cccc(-c5ccccc5)c4)nc(-c4cccc(-c5ccccc5)c4)n3)c2)c1. The maximum absolute atomic E-state index is 6.31. The van der Waals surface area contributed by atoms with E-state index in [0.717, 1.165) is 50.1 Å². The lowest BCUT2D eigenvalue weighted by molar-refractivity contribution is 1.07. The van der Waals surface area contributed by atoms with Crippen LogP contribution in [0.5, 0.6) is 0 Å². The van der Waals surface area contributed by atoms with Gasteiger partial charge in [0.15, 0.2) is 17.5 Å². The summed E-state index contributed by atoms with van der Waals surface area (Å²) in [5.74, 6) is 1.85. The highest BCUT2D eigenvalue weighted by Gasteiger charge is 2.14. The monoisotopic (exact) mass is 571 g/mol. The predicted octanol–water partition coefficient (Wildman–Crippen LogP) is 10.5. The summed E-state index contributed by atoms with van der Waals surface area (Å²) in [5.41, 5.74) is 9.34. The Bertz CT molecular complexity index is 1940. The van der Waals surface area contributed by atoms with Crippen molar-refractivity contribution in [2.45, 2.75) is 0 Å². The van der Waals surface area contributed by atoms with Crippen LogP contribution in [0.2, 0.25) is 5.02 Å². The van der Waals surface area contributed by atoms with Crippen molar-refractivity contribution in [3.8, 4) is 67.5 Å². The molecule has 43 heavy (non-hydrogen) atoms. The zero-order valence-electron chi connectivity index (χ0n) is 23.2. The van der Waals surface area contributed by atoms with E-state index in [1.54, 1.807) is 0 Å². The second-order valence-corrected chi connectivity index (χ2v) is 10.7. The van der Waals surface area contributed by atoms with Crippen LogP contribution in [0.25, 0.3) is 67.5 Å². The molecule has 4 heteroatoms. The van der Waals surface area contributed by atoms with Crippen molar-refractivity contribution < 1.29 is 0 Å². The number of nitrogens with zero attached hydrogens (tertiary/aromatic N) is 3. The first kappa shape index (κ1) is 26.5. The minimum Gasteiger partial charge on any atom is -0.208 e. The smallest absolute Gasteiger partial charge is 0.164 e. The van der Waals surface area contributed by atoms with Gasteiger partial charge in [0.05, 0.1) is 0 Å². The Labute approximate surface area is 256 Å². The highest BCUT2D eigenvalue weighted by Crippen LogP contribution is 2.31. The van der Waals surface area contributed by atoms with Crippen LogP contribution in [0.4, 0.5) is 0 Å². The third-order valence-corrected chi connectivity index (χ3v) is 7.61. The largest absolute Gasteiger partial charge is 0.208 e. The zero-order valence-corrected chi connectivity index (χ0v) is 24.0. The fourth-order valence-electron chi connectivity index (χ4n) is 5.21. The third-order valence-electron chi connectivity index (χ3n) is 7.37. The van der Waals surface area contributed by atoms with Gasteiger partial charge in [0.2, 0.25) is 0 Å². The Morgan fingerprint density at radius 2 is 0.581 bits per heavy atom. The van der Waals surface area contributed by atoms with Crippen LogP contribution in [0.1, 0.15) is 0 Å². The van der Waals surface area contributed by atoms with Crippen molar-refractivity contribution in [3.05, 3.63) is 163 Å². The average molecular weight is 572 g/mol. The fraction of sp³-hybridized carbons (Fsp3) is 0. The van der Waals surface area contributed by atoms with Gasteiger partial charge in [-0.05, 0) is 63.7 Å². The van der Waals surface area contributed by atoms with E-state index in [0.29, 0.717) is 22.5 Å². The number of benzene rings is 6. The molecule has 7 aromatic rings. The van der Waals surface area contributed by atoms with Gasteiger partial charge < -0.3 is 0 Å². The Morgan fingerprint density at radius 1 is 0.279 bits per heavy atom. The van der Waals surface area contributed by atoms with Crippen molar-refractivity contribution in [1.29, 1.82) is 0 Å². The molecule has 0 radical (unpaired) electrons. The normalized spacial score (nSPS) is 10.9. The first-order valence-electron chi connectivity index (χ1n) is 14.1. The molecule has 0 spiro atoms. The summed E-state index contributed by atoms with van der Waals surface area (Å²) < 4.78 is 0. The van der Waals surface area contributed by atoms with Gasteiger partial charge in [-0.1, -0.05) is 139 Å². The standard InChI is InChI=1S/C39H26ClN3/c40-36-22-10-18-32(26-36)31-17-9-21-35(25-31)39-42-37(33-19-7-15-29(23-33)27-11-3-1-4-12-27)41-38(43-39)34-20-8-16-30(24-34)28-13-5-2-6-14-28/h1-26H. The first-order valence-corrected chi connectivity index (χ1v) is 14.5. The molecule has 0 amide bonds. The summed E-state index contributed by atoms with van der Waals surface area (Å²) in [6.07, 6.45) is 0. The van der Waals surface area contributed by atoms with E-state index in [1.807, 2.05) is 66.7 Å². The van der Waals surface area contributed by atoms with Gasteiger partial charge in [-0.3, -0.25) is 0 Å². The van der Waals surface area contributed by atoms with Crippen molar-refractivity contribution >= 4 is 11.6 Å². The molecular weight excluding hydrogens is 546 g/mol. The van der Waals surface area contributed by atoms with Gasteiger partial charge >= 0.3 is 0 Å². The van der Waals surface area contributed by atoms with E-state index in [2.05, 4.69) is 91.0 Å². The molecule has 0 atom stereocenters. The van der Waals surface area contributed by atoms with Gasteiger partial charge in [0.25, 0.3) is 0 Å². The summed E-state index contributed by atoms with van der Waals surface area (Å²) in [6.45, 7) is 0. The van der Waals surface area contributed by atoms with E-state index in [-0.39, 0.29) is 0 Å². The summed E-state index contributed by atoms with van der Waals surface area (Å²) >= 11 is 6.31. The van der Waals surface area contributed by atoms with Gasteiger partial charge in [0, 0.05) is 21.7 Å². The van der Waals surface area contributed by atoms with Crippen LogP contribution in [0.15, 0.2) is 158 Å². The number of hydrogen-bond donors (Lipinski definition) is 0. The lowest BCUT2D eigenvalue weighted by atomic mass is 10.0. The van der Waals surface area contributed by atoms with Gasteiger partial charge in [0.1, 0.15) is 0 Å². The molecule has 204 valence electrons. The second kappa shape index (κ2) is 11.8. The van der Waals surface area contributed by atoms with Crippen LogP contribution < -0.4 is 0 Å².